The van der Waals surface area contributed by atoms with Crippen molar-refractivity contribution in [2.45, 2.75) is 22.7 Å². The van der Waals surface area contributed by atoms with Gasteiger partial charge in [-0.05, 0) is 42.3 Å². The van der Waals surface area contributed by atoms with Gasteiger partial charge in [0.15, 0.2) is 0 Å². The normalized spacial score (nSPS) is 15.5. The van der Waals surface area contributed by atoms with Crippen LogP contribution in [0.25, 0.3) is 0 Å². The Labute approximate surface area is 173 Å². The van der Waals surface area contributed by atoms with E-state index in [2.05, 4.69) is 10.6 Å². The summed E-state index contributed by atoms with van der Waals surface area (Å²) in [6, 6.07) is 12.1. The third-order valence-electron chi connectivity index (χ3n) is 4.56. The molecule has 2 N–H and O–H groups in total. The number of nitrogens with one attached hydrogen (secondary N) is 2. The van der Waals surface area contributed by atoms with Gasteiger partial charge in [-0.1, -0.05) is 18.2 Å². The molecule has 2 aromatic carbocycles. The van der Waals surface area contributed by atoms with E-state index in [0.717, 1.165) is 22.6 Å². The van der Waals surface area contributed by atoms with Gasteiger partial charge in [0.25, 0.3) is 5.91 Å². The Kier molecular flexibility index (Phi) is 5.29. The van der Waals surface area contributed by atoms with E-state index >= 15 is 0 Å². The fourth-order valence-corrected chi connectivity index (χ4v) is 4.30. The summed E-state index contributed by atoms with van der Waals surface area (Å²) in [6.07, 6.45) is -1.79. The third-order valence-corrected chi connectivity index (χ3v) is 5.88. The number of alkyl halides is 3. The largest absolute Gasteiger partial charge is 0.472 e. The number of carbonyl (C=O) groups excluding carboxylic acids is 2. The van der Waals surface area contributed by atoms with Crippen molar-refractivity contribution in [2.24, 2.45) is 0 Å². The molecule has 1 atom stereocenters. The number of halogens is 3. The fraction of sp³-hybridized carbons (Fsp3) is 0.143. The first kappa shape index (κ1) is 20.1. The van der Waals surface area contributed by atoms with E-state index in [0.29, 0.717) is 6.42 Å². The summed E-state index contributed by atoms with van der Waals surface area (Å²) in [5.74, 6) is -1.11. The molecular formula is C21H15F3N2O3S. The number of fused-ring (bicyclic) bond motifs is 1. The average molecular weight is 432 g/mol. The molecule has 1 aliphatic rings. The molecule has 0 saturated heterocycles. The Morgan fingerprint density at radius 2 is 1.87 bits per heavy atom. The highest BCUT2D eigenvalue weighted by Crippen LogP contribution is 2.39. The number of hydrogen-bond acceptors (Lipinski definition) is 4. The highest BCUT2D eigenvalue weighted by atomic mass is 32.2. The first-order valence-corrected chi connectivity index (χ1v) is 9.79. The maximum Gasteiger partial charge on any atom is 0.418 e. The molecule has 2 heterocycles. The maximum absolute atomic E-state index is 13.6. The number of rotatable bonds is 4. The van der Waals surface area contributed by atoms with E-state index in [4.69, 9.17) is 4.42 Å². The average Bonchev–Trinajstić information content (AvgIpc) is 3.38. The van der Waals surface area contributed by atoms with E-state index in [1.54, 1.807) is 0 Å². The van der Waals surface area contributed by atoms with Gasteiger partial charge in [-0.3, -0.25) is 9.59 Å². The lowest BCUT2D eigenvalue weighted by Crippen LogP contribution is -2.26. The molecule has 5 nitrogen and oxygen atoms in total. The van der Waals surface area contributed by atoms with Gasteiger partial charge in [-0.15, -0.1) is 11.8 Å². The molecule has 0 aliphatic carbocycles. The standard InChI is InChI=1S/C21H15F3N2O3S/c22-21(23,24)15-10-14(25-19(27)13-7-8-29-11-13)5-6-16(15)26-20(28)18-9-12-3-1-2-4-17(12)30-18/h1-8,10-11,18H,9H2,(H,25,27)(H,26,28). The number of thioether (sulfide) groups is 1. The van der Waals surface area contributed by atoms with Crippen molar-refractivity contribution in [3.63, 3.8) is 0 Å². The number of amides is 2. The molecule has 2 amide bonds. The molecule has 1 aliphatic heterocycles. The Hall–Kier alpha value is -3.20. The molecule has 0 bridgehead atoms. The van der Waals surface area contributed by atoms with Crippen LogP contribution in [0.2, 0.25) is 0 Å². The van der Waals surface area contributed by atoms with E-state index in [-0.39, 0.29) is 16.9 Å². The Morgan fingerprint density at radius 1 is 1.07 bits per heavy atom. The van der Waals surface area contributed by atoms with Crippen LogP contribution in [-0.2, 0) is 17.4 Å². The van der Waals surface area contributed by atoms with Gasteiger partial charge in [0, 0.05) is 10.6 Å². The lowest BCUT2D eigenvalue weighted by molar-refractivity contribution is -0.136. The van der Waals surface area contributed by atoms with Gasteiger partial charge in [0.2, 0.25) is 5.91 Å². The van der Waals surface area contributed by atoms with Gasteiger partial charge in [-0.25, -0.2) is 0 Å². The zero-order valence-corrected chi connectivity index (χ0v) is 16.1. The summed E-state index contributed by atoms with van der Waals surface area (Å²) in [7, 11) is 0. The van der Waals surface area contributed by atoms with Crippen molar-refractivity contribution in [2.75, 3.05) is 10.6 Å². The first-order chi connectivity index (χ1) is 14.3. The summed E-state index contributed by atoms with van der Waals surface area (Å²) in [5, 5.41) is 4.27. The van der Waals surface area contributed by atoms with E-state index in [1.807, 2.05) is 24.3 Å². The Balaban J connectivity index is 1.53. The molecule has 4 rings (SSSR count). The van der Waals surface area contributed by atoms with Crippen LogP contribution in [0.4, 0.5) is 24.5 Å². The third kappa shape index (κ3) is 4.20. The maximum atomic E-state index is 13.6. The number of carbonyl (C=O) groups is 2. The SMILES string of the molecule is O=C(Nc1ccc(NC(=O)C2Cc3ccccc3S2)c(C(F)(F)F)c1)c1ccoc1. The lowest BCUT2D eigenvalue weighted by Gasteiger charge is -2.17. The molecular weight excluding hydrogens is 417 g/mol. The van der Waals surface area contributed by atoms with Crippen molar-refractivity contribution >= 4 is 35.0 Å². The molecule has 0 spiro atoms. The van der Waals surface area contributed by atoms with Crippen LogP contribution < -0.4 is 10.6 Å². The van der Waals surface area contributed by atoms with Crippen LogP contribution in [0.5, 0.6) is 0 Å². The smallest absolute Gasteiger partial charge is 0.418 e. The Morgan fingerprint density at radius 3 is 2.57 bits per heavy atom. The minimum atomic E-state index is -4.72. The molecule has 154 valence electrons. The van der Waals surface area contributed by atoms with E-state index < -0.39 is 28.8 Å². The zero-order chi connectivity index (χ0) is 21.3. The van der Waals surface area contributed by atoms with Crippen LogP contribution in [0.1, 0.15) is 21.5 Å². The molecule has 9 heteroatoms. The summed E-state index contributed by atoms with van der Waals surface area (Å²) < 4.78 is 45.6. The van der Waals surface area contributed by atoms with E-state index in [9.17, 15) is 22.8 Å². The zero-order valence-electron chi connectivity index (χ0n) is 15.3. The fourth-order valence-electron chi connectivity index (χ4n) is 3.10. The van der Waals surface area contributed by atoms with Gasteiger partial charge < -0.3 is 15.1 Å². The summed E-state index contributed by atoms with van der Waals surface area (Å²) >= 11 is 1.33. The van der Waals surface area contributed by atoms with Crippen LogP contribution >= 0.6 is 11.8 Å². The van der Waals surface area contributed by atoms with Crippen LogP contribution in [-0.4, -0.2) is 17.1 Å². The molecule has 3 aromatic rings. The Bertz CT molecular complexity index is 1070. The van der Waals surface area contributed by atoms with Gasteiger partial charge >= 0.3 is 6.18 Å². The van der Waals surface area contributed by atoms with Gasteiger partial charge in [0.05, 0.1) is 28.3 Å². The van der Waals surface area contributed by atoms with Gasteiger partial charge in [-0.2, -0.15) is 13.2 Å². The second-order valence-electron chi connectivity index (χ2n) is 6.63. The monoisotopic (exact) mass is 432 g/mol. The summed E-state index contributed by atoms with van der Waals surface area (Å²) in [6.45, 7) is 0. The number of benzene rings is 2. The summed E-state index contributed by atoms with van der Waals surface area (Å²) in [5.41, 5.74) is -0.268. The highest BCUT2D eigenvalue weighted by Gasteiger charge is 2.36. The molecule has 1 aromatic heterocycles. The van der Waals surface area contributed by atoms with Crippen molar-refractivity contribution in [3.05, 3.63) is 77.7 Å². The molecule has 1 unspecified atom stereocenters. The molecule has 0 fully saturated rings. The molecule has 0 saturated carbocycles. The quantitative estimate of drug-likeness (QED) is 0.594. The van der Waals surface area contributed by atoms with E-state index in [1.165, 1.54) is 36.4 Å². The minimum Gasteiger partial charge on any atom is -0.472 e. The van der Waals surface area contributed by atoms with Crippen molar-refractivity contribution in [1.82, 2.24) is 0 Å². The summed E-state index contributed by atoms with van der Waals surface area (Å²) in [4.78, 5) is 25.6. The lowest BCUT2D eigenvalue weighted by atomic mass is 10.1. The predicted octanol–water partition coefficient (Wildman–Crippen LogP) is 5.21. The van der Waals surface area contributed by atoms with Crippen molar-refractivity contribution in [3.8, 4) is 0 Å². The second kappa shape index (κ2) is 7.91. The molecule has 30 heavy (non-hydrogen) atoms. The van der Waals surface area contributed by atoms with Gasteiger partial charge in [0.1, 0.15) is 6.26 Å². The van der Waals surface area contributed by atoms with Crippen molar-refractivity contribution < 1.29 is 27.2 Å². The number of anilines is 2. The van der Waals surface area contributed by atoms with Crippen molar-refractivity contribution in [1.29, 1.82) is 0 Å². The second-order valence-corrected chi connectivity index (χ2v) is 7.88. The number of furan rings is 1. The van der Waals surface area contributed by atoms with Crippen LogP contribution in [0.3, 0.4) is 0 Å². The minimum absolute atomic E-state index is 0.0471. The topological polar surface area (TPSA) is 71.3 Å². The highest BCUT2D eigenvalue weighted by molar-refractivity contribution is 8.01. The molecule has 0 radical (unpaired) electrons. The number of hydrogen-bond donors (Lipinski definition) is 2. The van der Waals surface area contributed by atoms with Crippen LogP contribution in [0, 0.1) is 0 Å². The van der Waals surface area contributed by atoms with Crippen LogP contribution in [0.15, 0.2) is 70.4 Å². The first-order valence-electron chi connectivity index (χ1n) is 8.91. The predicted molar refractivity (Wildman–Crippen MR) is 107 cm³/mol.